The summed E-state index contributed by atoms with van der Waals surface area (Å²) in [6, 6.07) is 19.1. The van der Waals surface area contributed by atoms with E-state index in [0.29, 0.717) is 21.6 Å². The van der Waals surface area contributed by atoms with Gasteiger partial charge in [-0.1, -0.05) is 48.5 Å². The molecule has 23 heavy (non-hydrogen) atoms. The van der Waals surface area contributed by atoms with Crippen LogP contribution in [0.3, 0.4) is 0 Å². The van der Waals surface area contributed by atoms with E-state index in [2.05, 4.69) is 0 Å². The summed E-state index contributed by atoms with van der Waals surface area (Å²) in [6.07, 6.45) is 0. The third-order valence-electron chi connectivity index (χ3n) is 4.43. The summed E-state index contributed by atoms with van der Waals surface area (Å²) in [6.45, 7) is 0. The molecule has 0 fully saturated rings. The van der Waals surface area contributed by atoms with Crippen molar-refractivity contribution in [3.8, 4) is 0 Å². The van der Waals surface area contributed by atoms with Crippen molar-refractivity contribution in [1.82, 2.24) is 0 Å². The molecular weight excluding hydrogens is 304 g/mol. The van der Waals surface area contributed by atoms with Crippen LogP contribution in [-0.4, -0.2) is 11.6 Å². The summed E-state index contributed by atoms with van der Waals surface area (Å²) in [4.78, 5) is 26.7. The minimum Gasteiger partial charge on any atom is -0.289 e. The summed E-state index contributed by atoms with van der Waals surface area (Å²) >= 11 is 1.41. The number of fused-ring (bicyclic) bond motifs is 6. The van der Waals surface area contributed by atoms with Gasteiger partial charge in [0.15, 0.2) is 5.78 Å². The Morgan fingerprint density at radius 1 is 0.652 bits per heavy atom. The first-order valence-corrected chi connectivity index (χ1v) is 8.20. The van der Waals surface area contributed by atoms with E-state index in [9.17, 15) is 9.59 Å². The lowest BCUT2D eigenvalue weighted by Gasteiger charge is -2.16. The van der Waals surface area contributed by atoms with Crippen molar-refractivity contribution in [2.75, 3.05) is 0 Å². The van der Waals surface area contributed by atoms with Gasteiger partial charge in [-0.25, -0.2) is 0 Å². The fourth-order valence-electron chi connectivity index (χ4n) is 3.38. The van der Waals surface area contributed by atoms with Gasteiger partial charge >= 0.3 is 0 Å². The molecule has 5 rings (SSSR count). The van der Waals surface area contributed by atoms with Crippen molar-refractivity contribution >= 4 is 43.8 Å². The topological polar surface area (TPSA) is 34.1 Å². The number of carbonyl (C=O) groups is 2. The van der Waals surface area contributed by atoms with Crippen molar-refractivity contribution in [1.29, 1.82) is 0 Å². The normalized spacial score (nSPS) is 13.4. The first-order valence-electron chi connectivity index (χ1n) is 7.38. The van der Waals surface area contributed by atoms with Gasteiger partial charge in [0.05, 0.1) is 10.4 Å². The summed E-state index contributed by atoms with van der Waals surface area (Å²) in [5, 5.41) is 2.72. The molecule has 0 N–H and O–H groups in total. The molecule has 0 saturated carbocycles. The van der Waals surface area contributed by atoms with Crippen LogP contribution in [0.25, 0.3) is 20.9 Å². The molecular formula is C20H10O2S. The highest BCUT2D eigenvalue weighted by molar-refractivity contribution is 7.21. The van der Waals surface area contributed by atoms with E-state index in [1.165, 1.54) is 11.3 Å². The Labute approximate surface area is 136 Å². The zero-order chi connectivity index (χ0) is 15.6. The number of carbonyl (C=O) groups excluding carboxylic acids is 2. The third kappa shape index (κ3) is 1.57. The van der Waals surface area contributed by atoms with Gasteiger partial charge in [-0.05, 0) is 22.9 Å². The van der Waals surface area contributed by atoms with E-state index < -0.39 is 0 Å². The van der Waals surface area contributed by atoms with Crippen molar-refractivity contribution in [2.45, 2.75) is 0 Å². The second-order valence-electron chi connectivity index (χ2n) is 5.67. The van der Waals surface area contributed by atoms with Crippen molar-refractivity contribution in [3.05, 3.63) is 82.2 Å². The summed E-state index contributed by atoms with van der Waals surface area (Å²) in [7, 11) is 0. The van der Waals surface area contributed by atoms with E-state index in [1.807, 2.05) is 54.6 Å². The second kappa shape index (κ2) is 4.37. The van der Waals surface area contributed by atoms with Gasteiger partial charge in [-0.2, -0.15) is 0 Å². The Morgan fingerprint density at radius 2 is 1.39 bits per heavy atom. The van der Waals surface area contributed by atoms with Gasteiger partial charge in [0.2, 0.25) is 5.78 Å². The van der Waals surface area contributed by atoms with Crippen LogP contribution < -0.4 is 0 Å². The van der Waals surface area contributed by atoms with Crippen LogP contribution in [-0.2, 0) is 0 Å². The molecule has 1 aliphatic carbocycles. The van der Waals surface area contributed by atoms with E-state index >= 15 is 0 Å². The van der Waals surface area contributed by atoms with Crippen molar-refractivity contribution in [3.63, 3.8) is 0 Å². The lowest BCUT2D eigenvalue weighted by molar-refractivity contribution is 0.0985. The van der Waals surface area contributed by atoms with Crippen LogP contribution in [0.5, 0.6) is 0 Å². The SMILES string of the molecule is O=C1c2sc3ccccc3c2C(=O)c2ccc3ccccc3c21. The Bertz CT molecular complexity index is 1150. The van der Waals surface area contributed by atoms with Crippen molar-refractivity contribution < 1.29 is 9.59 Å². The van der Waals surface area contributed by atoms with Crippen LogP contribution in [0.1, 0.15) is 31.2 Å². The van der Waals surface area contributed by atoms with E-state index in [4.69, 9.17) is 0 Å². The van der Waals surface area contributed by atoms with Gasteiger partial charge in [0.1, 0.15) is 0 Å². The molecule has 0 saturated heterocycles. The fourth-order valence-corrected chi connectivity index (χ4v) is 4.53. The van der Waals surface area contributed by atoms with Gasteiger partial charge < -0.3 is 0 Å². The largest absolute Gasteiger partial charge is 0.289 e. The number of ketones is 2. The summed E-state index contributed by atoms with van der Waals surface area (Å²) < 4.78 is 0.983. The van der Waals surface area contributed by atoms with E-state index in [-0.39, 0.29) is 11.6 Å². The zero-order valence-electron chi connectivity index (χ0n) is 12.0. The molecule has 0 atom stereocenters. The summed E-state index contributed by atoms with van der Waals surface area (Å²) in [5.74, 6) is -0.0783. The van der Waals surface area contributed by atoms with Crippen LogP contribution in [0.4, 0.5) is 0 Å². The van der Waals surface area contributed by atoms with Crippen LogP contribution >= 0.6 is 11.3 Å². The van der Waals surface area contributed by atoms with Crippen molar-refractivity contribution in [2.24, 2.45) is 0 Å². The fraction of sp³-hybridized carbons (Fsp3) is 0. The Kier molecular flexibility index (Phi) is 2.42. The molecule has 108 valence electrons. The molecule has 2 nitrogen and oxygen atoms in total. The number of benzene rings is 3. The second-order valence-corrected chi connectivity index (χ2v) is 6.72. The molecule has 1 heterocycles. The van der Waals surface area contributed by atoms with Gasteiger partial charge in [-0.3, -0.25) is 9.59 Å². The molecule has 3 heteroatoms. The molecule has 0 bridgehead atoms. The molecule has 0 spiro atoms. The number of hydrogen-bond donors (Lipinski definition) is 0. The van der Waals surface area contributed by atoms with E-state index in [1.54, 1.807) is 6.07 Å². The van der Waals surface area contributed by atoms with Gasteiger partial charge in [0.25, 0.3) is 0 Å². The number of rotatable bonds is 0. The Balaban J connectivity index is 1.93. The smallest absolute Gasteiger partial charge is 0.205 e. The molecule has 0 radical (unpaired) electrons. The maximum Gasteiger partial charge on any atom is 0.205 e. The molecule has 3 aromatic carbocycles. The van der Waals surface area contributed by atoms with Gasteiger partial charge in [-0.15, -0.1) is 11.3 Å². The minimum absolute atomic E-state index is 0.0346. The maximum atomic E-state index is 13.1. The minimum atomic E-state index is -0.0437. The first kappa shape index (κ1) is 12.7. The van der Waals surface area contributed by atoms with Crippen LogP contribution in [0.15, 0.2) is 60.7 Å². The molecule has 0 unspecified atom stereocenters. The van der Waals surface area contributed by atoms with Crippen LogP contribution in [0, 0.1) is 0 Å². The standard InChI is InChI=1S/C20H10O2S/c21-18-14-10-9-11-5-1-2-6-12(11)16(14)19(22)20-17(18)13-7-3-4-8-15(13)23-20/h1-10H. The predicted molar refractivity (Wildman–Crippen MR) is 92.6 cm³/mol. The average Bonchev–Trinajstić information content (AvgIpc) is 2.99. The lowest BCUT2D eigenvalue weighted by Crippen LogP contribution is -2.19. The molecule has 1 aromatic heterocycles. The quantitative estimate of drug-likeness (QED) is 0.410. The zero-order valence-corrected chi connectivity index (χ0v) is 12.8. The lowest BCUT2D eigenvalue weighted by atomic mass is 9.84. The highest BCUT2D eigenvalue weighted by Gasteiger charge is 2.34. The maximum absolute atomic E-state index is 13.1. The monoisotopic (exact) mass is 314 g/mol. The summed E-state index contributed by atoms with van der Waals surface area (Å²) in [5.41, 5.74) is 1.63. The Morgan fingerprint density at radius 3 is 2.26 bits per heavy atom. The Hall–Kier alpha value is -2.78. The highest BCUT2D eigenvalue weighted by Crippen LogP contribution is 2.40. The first-order chi connectivity index (χ1) is 11.3. The highest BCUT2D eigenvalue weighted by atomic mass is 32.1. The molecule has 1 aliphatic rings. The molecule has 4 aromatic rings. The molecule has 0 aliphatic heterocycles. The average molecular weight is 314 g/mol. The predicted octanol–water partition coefficient (Wildman–Crippen LogP) is 4.83. The molecule has 0 amide bonds. The van der Waals surface area contributed by atoms with Gasteiger partial charge in [0, 0.05) is 21.2 Å². The number of hydrogen-bond acceptors (Lipinski definition) is 3. The van der Waals surface area contributed by atoms with E-state index in [0.717, 1.165) is 20.9 Å². The number of thiophene rings is 1. The third-order valence-corrected chi connectivity index (χ3v) is 5.60. The van der Waals surface area contributed by atoms with Crippen LogP contribution in [0.2, 0.25) is 0 Å².